The van der Waals surface area contributed by atoms with E-state index in [2.05, 4.69) is 36.7 Å². The average Bonchev–Trinajstić information content (AvgIpc) is 2.20. The van der Waals surface area contributed by atoms with Gasteiger partial charge in [0.25, 0.3) is 0 Å². The Bertz CT molecular complexity index is 207. The molecule has 0 aliphatic rings. The van der Waals surface area contributed by atoms with E-state index in [1.165, 1.54) is 0 Å². The Morgan fingerprint density at radius 2 is 1.93 bits per heavy atom. The number of hydrogen-bond donors (Lipinski definition) is 3. The van der Waals surface area contributed by atoms with Crippen molar-refractivity contribution in [2.24, 2.45) is 5.92 Å². The van der Waals surface area contributed by atoms with Gasteiger partial charge < -0.3 is 16.0 Å². The molecule has 0 aromatic heterocycles. The van der Waals surface area contributed by atoms with Crippen LogP contribution in [-0.2, 0) is 4.79 Å². The van der Waals surface area contributed by atoms with Crippen LogP contribution in [0.2, 0.25) is 0 Å². The summed E-state index contributed by atoms with van der Waals surface area (Å²) in [5.74, 6) is 0.448. The highest BCUT2D eigenvalue weighted by molar-refractivity contribution is 7.80. The fourth-order valence-electron chi connectivity index (χ4n) is 0.842. The molecule has 0 saturated heterocycles. The van der Waals surface area contributed by atoms with Crippen LogP contribution < -0.4 is 16.0 Å². The molecule has 0 atom stereocenters. The van der Waals surface area contributed by atoms with Crippen molar-refractivity contribution in [3.05, 3.63) is 0 Å². The minimum Gasteiger partial charge on any atom is -0.363 e. The van der Waals surface area contributed by atoms with E-state index in [4.69, 9.17) is 12.2 Å². The summed E-state index contributed by atoms with van der Waals surface area (Å²) in [6.07, 6.45) is 1.02. The average molecular weight is 231 g/mol. The number of carbonyl (C=O) groups excluding carboxylic acids is 1. The molecule has 88 valence electrons. The summed E-state index contributed by atoms with van der Waals surface area (Å²) in [6.45, 7) is 7.95. The van der Waals surface area contributed by atoms with Gasteiger partial charge in [-0.2, -0.15) is 0 Å². The van der Waals surface area contributed by atoms with Gasteiger partial charge in [0.15, 0.2) is 5.11 Å². The Morgan fingerprint density at radius 1 is 1.27 bits per heavy atom. The molecule has 15 heavy (non-hydrogen) atoms. The molecule has 5 heteroatoms. The molecule has 0 fully saturated rings. The third-order valence-electron chi connectivity index (χ3n) is 1.65. The predicted molar refractivity (Wildman–Crippen MR) is 66.7 cm³/mol. The molecule has 3 N–H and O–H groups in total. The third kappa shape index (κ3) is 9.46. The first kappa shape index (κ1) is 14.2. The van der Waals surface area contributed by atoms with E-state index in [9.17, 15) is 4.79 Å². The molecule has 0 radical (unpaired) electrons. The lowest BCUT2D eigenvalue weighted by molar-refractivity contribution is -0.120. The molecule has 0 aromatic rings. The summed E-state index contributed by atoms with van der Waals surface area (Å²) in [4.78, 5) is 11.3. The standard InChI is InChI=1S/C10H21N3OS/c1-4-5-11-10(15)13-7-9(14)12-6-8(2)3/h8H,4-7H2,1-3H3,(H,12,14)(H2,11,13,15). The van der Waals surface area contributed by atoms with Gasteiger partial charge in [-0.3, -0.25) is 4.79 Å². The zero-order valence-corrected chi connectivity index (χ0v) is 10.5. The Kier molecular flexibility index (Phi) is 7.99. The third-order valence-corrected chi connectivity index (χ3v) is 1.94. The van der Waals surface area contributed by atoms with Crippen molar-refractivity contribution in [1.29, 1.82) is 0 Å². The molecule has 0 aromatic carbocycles. The molecular weight excluding hydrogens is 210 g/mol. The van der Waals surface area contributed by atoms with Crippen molar-refractivity contribution < 1.29 is 4.79 Å². The molecule has 0 spiro atoms. The van der Waals surface area contributed by atoms with Crippen molar-refractivity contribution in [2.75, 3.05) is 19.6 Å². The zero-order chi connectivity index (χ0) is 11.7. The first-order valence-corrected chi connectivity index (χ1v) is 5.75. The van der Waals surface area contributed by atoms with E-state index in [1.54, 1.807) is 0 Å². The van der Waals surface area contributed by atoms with E-state index < -0.39 is 0 Å². The number of amides is 1. The Hall–Kier alpha value is -0.840. The number of rotatable bonds is 6. The molecule has 0 unspecified atom stereocenters. The van der Waals surface area contributed by atoms with Crippen LogP contribution in [0.4, 0.5) is 0 Å². The molecular formula is C10H21N3OS. The lowest BCUT2D eigenvalue weighted by atomic mass is 10.2. The second kappa shape index (κ2) is 8.47. The molecule has 0 saturated carbocycles. The summed E-state index contributed by atoms with van der Waals surface area (Å²) in [6, 6.07) is 0. The fraction of sp³-hybridized carbons (Fsp3) is 0.800. The highest BCUT2D eigenvalue weighted by Gasteiger charge is 2.02. The maximum Gasteiger partial charge on any atom is 0.239 e. The van der Waals surface area contributed by atoms with Crippen molar-refractivity contribution in [2.45, 2.75) is 27.2 Å². The minimum atomic E-state index is -0.0238. The van der Waals surface area contributed by atoms with Gasteiger partial charge >= 0.3 is 0 Å². The van der Waals surface area contributed by atoms with E-state index in [1.807, 2.05) is 0 Å². The first-order valence-electron chi connectivity index (χ1n) is 5.34. The van der Waals surface area contributed by atoms with Gasteiger partial charge in [0.1, 0.15) is 0 Å². The number of hydrogen-bond acceptors (Lipinski definition) is 2. The fourth-order valence-corrected chi connectivity index (χ4v) is 1.02. The van der Waals surface area contributed by atoms with Gasteiger partial charge in [0.2, 0.25) is 5.91 Å². The second-order valence-corrected chi connectivity index (χ2v) is 4.22. The summed E-state index contributed by atoms with van der Waals surface area (Å²) in [5, 5.41) is 9.19. The maximum absolute atomic E-state index is 11.3. The molecule has 0 bridgehead atoms. The smallest absolute Gasteiger partial charge is 0.239 e. The summed E-state index contributed by atoms with van der Waals surface area (Å²) < 4.78 is 0. The highest BCUT2D eigenvalue weighted by Crippen LogP contribution is 1.86. The van der Waals surface area contributed by atoms with Gasteiger partial charge in [-0.25, -0.2) is 0 Å². The van der Waals surface area contributed by atoms with Gasteiger partial charge in [0, 0.05) is 13.1 Å². The lowest BCUT2D eigenvalue weighted by Gasteiger charge is -2.10. The molecule has 4 nitrogen and oxygen atoms in total. The van der Waals surface area contributed by atoms with Crippen LogP contribution in [0.3, 0.4) is 0 Å². The molecule has 1 amide bonds. The normalized spacial score (nSPS) is 9.87. The second-order valence-electron chi connectivity index (χ2n) is 3.81. The van der Waals surface area contributed by atoms with Crippen LogP contribution in [0.15, 0.2) is 0 Å². The molecule has 0 aliphatic carbocycles. The predicted octanol–water partition coefficient (Wildman–Crippen LogP) is 0.633. The Morgan fingerprint density at radius 3 is 2.47 bits per heavy atom. The van der Waals surface area contributed by atoms with Gasteiger partial charge in [0.05, 0.1) is 6.54 Å². The highest BCUT2D eigenvalue weighted by atomic mass is 32.1. The van der Waals surface area contributed by atoms with Crippen molar-refractivity contribution in [3.63, 3.8) is 0 Å². The van der Waals surface area contributed by atoms with Gasteiger partial charge in [-0.15, -0.1) is 0 Å². The lowest BCUT2D eigenvalue weighted by Crippen LogP contribution is -2.42. The van der Waals surface area contributed by atoms with Crippen molar-refractivity contribution in [3.8, 4) is 0 Å². The Balaban J connectivity index is 3.49. The SMILES string of the molecule is CCCNC(=S)NCC(=O)NCC(C)C. The van der Waals surface area contributed by atoms with Gasteiger partial charge in [-0.05, 0) is 24.6 Å². The van der Waals surface area contributed by atoms with Crippen molar-refractivity contribution >= 4 is 23.2 Å². The maximum atomic E-state index is 11.3. The van der Waals surface area contributed by atoms with Crippen LogP contribution in [-0.4, -0.2) is 30.7 Å². The van der Waals surface area contributed by atoms with E-state index >= 15 is 0 Å². The topological polar surface area (TPSA) is 53.2 Å². The summed E-state index contributed by atoms with van der Waals surface area (Å²) in [5.41, 5.74) is 0. The van der Waals surface area contributed by atoms with Crippen LogP contribution in [0.1, 0.15) is 27.2 Å². The number of thiocarbonyl (C=S) groups is 1. The van der Waals surface area contributed by atoms with Crippen LogP contribution >= 0.6 is 12.2 Å². The minimum absolute atomic E-state index is 0.0238. The molecule has 0 rings (SSSR count). The van der Waals surface area contributed by atoms with Crippen LogP contribution in [0.5, 0.6) is 0 Å². The van der Waals surface area contributed by atoms with E-state index in [-0.39, 0.29) is 12.5 Å². The number of carbonyl (C=O) groups is 1. The van der Waals surface area contributed by atoms with Crippen LogP contribution in [0.25, 0.3) is 0 Å². The largest absolute Gasteiger partial charge is 0.363 e. The monoisotopic (exact) mass is 231 g/mol. The van der Waals surface area contributed by atoms with E-state index in [0.717, 1.165) is 13.0 Å². The Labute approximate surface area is 97.2 Å². The number of nitrogens with one attached hydrogen (secondary N) is 3. The quantitative estimate of drug-likeness (QED) is 0.587. The first-order chi connectivity index (χ1) is 7.06. The zero-order valence-electron chi connectivity index (χ0n) is 9.72. The summed E-state index contributed by atoms with van der Waals surface area (Å²) >= 11 is 4.97. The van der Waals surface area contributed by atoms with Crippen molar-refractivity contribution in [1.82, 2.24) is 16.0 Å². The van der Waals surface area contributed by atoms with Gasteiger partial charge in [-0.1, -0.05) is 20.8 Å². The molecule has 0 aliphatic heterocycles. The molecule has 0 heterocycles. The summed E-state index contributed by atoms with van der Waals surface area (Å²) in [7, 11) is 0. The van der Waals surface area contributed by atoms with E-state index in [0.29, 0.717) is 17.6 Å². The van der Waals surface area contributed by atoms with Crippen LogP contribution in [0, 0.1) is 5.92 Å².